The van der Waals surface area contributed by atoms with E-state index in [1.54, 1.807) is 7.11 Å². The van der Waals surface area contributed by atoms with Gasteiger partial charge in [0.05, 0.1) is 6.61 Å². The van der Waals surface area contributed by atoms with Gasteiger partial charge in [0, 0.05) is 25.7 Å². The minimum atomic E-state index is 0.454. The molecule has 0 amide bonds. The summed E-state index contributed by atoms with van der Waals surface area (Å²) in [5.41, 5.74) is 0. The fourth-order valence-electron chi connectivity index (χ4n) is 2.06. The molecule has 3 nitrogen and oxygen atoms in total. The number of rotatable bonds is 11. The molecule has 0 aliphatic heterocycles. The molecule has 3 heteroatoms. The van der Waals surface area contributed by atoms with Crippen molar-refractivity contribution in [2.45, 2.75) is 59.0 Å². The molecule has 0 rings (SSSR count). The molecule has 0 saturated heterocycles. The van der Waals surface area contributed by atoms with E-state index in [1.165, 1.54) is 25.8 Å². The van der Waals surface area contributed by atoms with Crippen LogP contribution in [0.25, 0.3) is 0 Å². The van der Waals surface area contributed by atoms with Crippen LogP contribution in [-0.2, 0) is 4.74 Å². The average molecular weight is 244 g/mol. The standard InChI is InChI=1S/C14H32N2O/c1-6-9-10-16(13(4)7-2)11-14(12-17-5)15-8-3/h13-15H,6-12H2,1-5H3. The zero-order valence-electron chi connectivity index (χ0n) is 12.5. The number of nitrogens with one attached hydrogen (secondary N) is 1. The number of hydrogen-bond acceptors (Lipinski definition) is 3. The van der Waals surface area contributed by atoms with Gasteiger partial charge in [0.15, 0.2) is 0 Å². The smallest absolute Gasteiger partial charge is 0.0628 e. The van der Waals surface area contributed by atoms with E-state index in [4.69, 9.17) is 4.74 Å². The molecular weight excluding hydrogens is 212 g/mol. The Hall–Kier alpha value is -0.120. The molecule has 104 valence electrons. The lowest BCUT2D eigenvalue weighted by molar-refractivity contribution is 0.120. The van der Waals surface area contributed by atoms with Crippen molar-refractivity contribution in [1.82, 2.24) is 10.2 Å². The molecule has 0 aliphatic carbocycles. The summed E-state index contributed by atoms with van der Waals surface area (Å²) in [6.07, 6.45) is 3.77. The molecule has 0 aromatic heterocycles. The molecule has 0 aliphatic rings. The monoisotopic (exact) mass is 244 g/mol. The molecule has 0 spiro atoms. The second-order valence-corrected chi connectivity index (χ2v) is 4.82. The van der Waals surface area contributed by atoms with Crippen molar-refractivity contribution >= 4 is 0 Å². The topological polar surface area (TPSA) is 24.5 Å². The van der Waals surface area contributed by atoms with Crippen molar-refractivity contribution in [2.24, 2.45) is 0 Å². The first kappa shape index (κ1) is 16.9. The van der Waals surface area contributed by atoms with Crippen LogP contribution in [0.4, 0.5) is 0 Å². The number of unbranched alkanes of at least 4 members (excludes halogenated alkanes) is 1. The molecule has 0 bridgehead atoms. The predicted octanol–water partition coefficient (Wildman–Crippen LogP) is 2.51. The molecular formula is C14H32N2O. The highest BCUT2D eigenvalue weighted by Crippen LogP contribution is 2.07. The molecule has 1 N–H and O–H groups in total. The van der Waals surface area contributed by atoms with Crippen molar-refractivity contribution in [3.05, 3.63) is 0 Å². The van der Waals surface area contributed by atoms with Crippen molar-refractivity contribution in [1.29, 1.82) is 0 Å². The molecule has 0 aromatic carbocycles. The van der Waals surface area contributed by atoms with Crippen LogP contribution in [0.3, 0.4) is 0 Å². The summed E-state index contributed by atoms with van der Waals surface area (Å²) in [5, 5.41) is 3.50. The van der Waals surface area contributed by atoms with Gasteiger partial charge in [-0.2, -0.15) is 0 Å². The van der Waals surface area contributed by atoms with Crippen LogP contribution in [0.1, 0.15) is 47.0 Å². The van der Waals surface area contributed by atoms with Crippen LogP contribution in [0.15, 0.2) is 0 Å². The third kappa shape index (κ3) is 7.74. The van der Waals surface area contributed by atoms with Gasteiger partial charge in [-0.15, -0.1) is 0 Å². The van der Waals surface area contributed by atoms with E-state index < -0.39 is 0 Å². The molecule has 2 atom stereocenters. The third-order valence-corrected chi connectivity index (χ3v) is 3.33. The largest absolute Gasteiger partial charge is 0.383 e. The summed E-state index contributed by atoms with van der Waals surface area (Å²) in [5.74, 6) is 0. The maximum atomic E-state index is 5.29. The van der Waals surface area contributed by atoms with Gasteiger partial charge in [-0.05, 0) is 32.9 Å². The number of ether oxygens (including phenoxy) is 1. The van der Waals surface area contributed by atoms with E-state index in [1.807, 2.05) is 0 Å². The molecule has 0 saturated carbocycles. The predicted molar refractivity (Wildman–Crippen MR) is 75.6 cm³/mol. The van der Waals surface area contributed by atoms with Crippen LogP contribution >= 0.6 is 0 Å². The van der Waals surface area contributed by atoms with Gasteiger partial charge in [0.1, 0.15) is 0 Å². The first-order chi connectivity index (χ1) is 8.19. The van der Waals surface area contributed by atoms with E-state index >= 15 is 0 Å². The Balaban J connectivity index is 4.24. The van der Waals surface area contributed by atoms with Crippen molar-refractivity contribution in [2.75, 3.05) is 33.4 Å². The zero-order chi connectivity index (χ0) is 13.1. The Morgan fingerprint density at radius 2 is 1.94 bits per heavy atom. The number of likely N-dealkylation sites (N-methyl/N-ethyl adjacent to an activating group) is 1. The SMILES string of the molecule is CCCCN(CC(COC)NCC)C(C)CC. The number of nitrogens with zero attached hydrogens (tertiary/aromatic N) is 1. The summed E-state index contributed by atoms with van der Waals surface area (Å²) in [6.45, 7) is 13.1. The van der Waals surface area contributed by atoms with Gasteiger partial charge in [-0.25, -0.2) is 0 Å². The van der Waals surface area contributed by atoms with Gasteiger partial charge in [-0.3, -0.25) is 4.90 Å². The second kappa shape index (κ2) is 11.0. The molecule has 0 aromatic rings. The van der Waals surface area contributed by atoms with E-state index in [9.17, 15) is 0 Å². The second-order valence-electron chi connectivity index (χ2n) is 4.82. The summed E-state index contributed by atoms with van der Waals surface area (Å²) in [7, 11) is 1.78. The van der Waals surface area contributed by atoms with E-state index in [2.05, 4.69) is 37.9 Å². The first-order valence-electron chi connectivity index (χ1n) is 7.15. The maximum absolute atomic E-state index is 5.29. The van der Waals surface area contributed by atoms with Crippen LogP contribution in [0.2, 0.25) is 0 Å². The normalized spacial score (nSPS) is 15.2. The van der Waals surface area contributed by atoms with Gasteiger partial charge < -0.3 is 10.1 Å². The van der Waals surface area contributed by atoms with Gasteiger partial charge in [0.2, 0.25) is 0 Å². The Labute approximate surface area is 108 Å². The van der Waals surface area contributed by atoms with Gasteiger partial charge >= 0.3 is 0 Å². The lowest BCUT2D eigenvalue weighted by Gasteiger charge is -2.32. The molecule has 0 heterocycles. The minimum Gasteiger partial charge on any atom is -0.383 e. The summed E-state index contributed by atoms with van der Waals surface area (Å²) in [6, 6.07) is 1.12. The third-order valence-electron chi connectivity index (χ3n) is 3.33. The minimum absolute atomic E-state index is 0.454. The van der Waals surface area contributed by atoms with E-state index in [0.717, 1.165) is 19.7 Å². The van der Waals surface area contributed by atoms with Crippen LogP contribution < -0.4 is 5.32 Å². The van der Waals surface area contributed by atoms with Crippen molar-refractivity contribution in [3.63, 3.8) is 0 Å². The summed E-state index contributed by atoms with van der Waals surface area (Å²) >= 11 is 0. The van der Waals surface area contributed by atoms with E-state index in [0.29, 0.717) is 12.1 Å². The van der Waals surface area contributed by atoms with Crippen LogP contribution in [0, 0.1) is 0 Å². The average Bonchev–Trinajstić information content (AvgIpc) is 2.33. The summed E-state index contributed by atoms with van der Waals surface area (Å²) in [4.78, 5) is 2.59. The molecule has 2 unspecified atom stereocenters. The lowest BCUT2D eigenvalue weighted by Crippen LogP contribution is -2.47. The lowest BCUT2D eigenvalue weighted by atomic mass is 10.1. The van der Waals surface area contributed by atoms with Crippen molar-refractivity contribution in [3.8, 4) is 0 Å². The van der Waals surface area contributed by atoms with Crippen molar-refractivity contribution < 1.29 is 4.74 Å². The Morgan fingerprint density at radius 1 is 1.24 bits per heavy atom. The summed E-state index contributed by atoms with van der Waals surface area (Å²) < 4.78 is 5.29. The molecule has 17 heavy (non-hydrogen) atoms. The van der Waals surface area contributed by atoms with Crippen LogP contribution in [0.5, 0.6) is 0 Å². The number of methoxy groups -OCH3 is 1. The Morgan fingerprint density at radius 3 is 2.41 bits per heavy atom. The maximum Gasteiger partial charge on any atom is 0.0628 e. The van der Waals surface area contributed by atoms with Gasteiger partial charge in [-0.1, -0.05) is 27.2 Å². The van der Waals surface area contributed by atoms with E-state index in [-0.39, 0.29) is 0 Å². The number of hydrogen-bond donors (Lipinski definition) is 1. The fraction of sp³-hybridized carbons (Fsp3) is 1.00. The highest BCUT2D eigenvalue weighted by atomic mass is 16.5. The highest BCUT2D eigenvalue weighted by Gasteiger charge is 2.16. The Bertz CT molecular complexity index is 158. The zero-order valence-corrected chi connectivity index (χ0v) is 12.5. The highest BCUT2D eigenvalue weighted by molar-refractivity contribution is 4.75. The molecule has 0 radical (unpaired) electrons. The van der Waals surface area contributed by atoms with Crippen LogP contribution in [-0.4, -0.2) is 50.3 Å². The first-order valence-corrected chi connectivity index (χ1v) is 7.15. The quantitative estimate of drug-likeness (QED) is 0.604. The van der Waals surface area contributed by atoms with Gasteiger partial charge in [0.25, 0.3) is 0 Å². The fourth-order valence-corrected chi connectivity index (χ4v) is 2.06. The Kier molecular flexibility index (Phi) is 10.9. The molecule has 0 fully saturated rings.